The third-order valence-electron chi connectivity index (χ3n) is 7.69. The van der Waals surface area contributed by atoms with Gasteiger partial charge in [-0.25, -0.2) is 4.79 Å². The van der Waals surface area contributed by atoms with Crippen molar-refractivity contribution in [1.82, 2.24) is 26.6 Å². The Kier molecular flexibility index (Phi) is 18.6. The van der Waals surface area contributed by atoms with Crippen LogP contribution in [0.15, 0.2) is 0 Å². The van der Waals surface area contributed by atoms with Crippen molar-refractivity contribution in [3.63, 3.8) is 0 Å². The monoisotopic (exact) mass is 660 g/mol. The first-order chi connectivity index (χ1) is 21.3. The SMILES string of the molecule is CC[C@H](C)[C@H](NC(=O)[C@@H](NC(=O)[C@@H](NC(=O)[C@@H](N)CO)[C@@H](C)O)C(C)C)C(=O)N[C@H](C(=O)N[C@@H](CCC(=O)O)C(=O)O)[C@@H](C)CC. The van der Waals surface area contributed by atoms with Crippen molar-refractivity contribution in [2.75, 3.05) is 6.61 Å². The minimum absolute atomic E-state index is 0.376. The number of carboxylic acid groups (broad SMARTS) is 2. The molecule has 264 valence electrons. The third kappa shape index (κ3) is 13.7. The molecule has 17 nitrogen and oxygen atoms in total. The van der Waals surface area contributed by atoms with Gasteiger partial charge in [0.05, 0.1) is 12.7 Å². The van der Waals surface area contributed by atoms with E-state index in [1.807, 2.05) is 0 Å². The van der Waals surface area contributed by atoms with Crippen molar-refractivity contribution in [2.24, 2.45) is 23.5 Å². The summed E-state index contributed by atoms with van der Waals surface area (Å²) in [4.78, 5) is 88.0. The van der Waals surface area contributed by atoms with Gasteiger partial charge in [-0.15, -0.1) is 0 Å². The zero-order chi connectivity index (χ0) is 35.9. The summed E-state index contributed by atoms with van der Waals surface area (Å²) in [7, 11) is 0. The molecule has 17 heteroatoms. The summed E-state index contributed by atoms with van der Waals surface area (Å²) in [6.07, 6.45) is -1.48. The quantitative estimate of drug-likeness (QED) is 0.0628. The van der Waals surface area contributed by atoms with E-state index < -0.39 is 115 Å². The molecule has 0 aromatic rings. The topological polar surface area (TPSA) is 287 Å². The molecule has 0 saturated carbocycles. The fraction of sp³-hybridized carbons (Fsp3) is 0.759. The molecule has 46 heavy (non-hydrogen) atoms. The second-order valence-corrected chi connectivity index (χ2v) is 11.8. The predicted molar refractivity (Wildman–Crippen MR) is 165 cm³/mol. The Morgan fingerprint density at radius 3 is 1.39 bits per heavy atom. The van der Waals surface area contributed by atoms with Gasteiger partial charge in [-0.05, 0) is 31.1 Å². The highest BCUT2D eigenvalue weighted by atomic mass is 16.4. The molecule has 0 aliphatic rings. The molecule has 0 aliphatic carbocycles. The second-order valence-electron chi connectivity index (χ2n) is 11.8. The Morgan fingerprint density at radius 1 is 0.630 bits per heavy atom. The standard InChI is InChI=1S/C29H52N6O11/c1-8-14(5)21(26(42)31-18(29(45)46)10-11-19(38)39)34-27(43)22(15(6)9-2)33-25(41)20(13(3)4)32-28(44)23(16(7)37)35-24(40)17(30)12-36/h13-18,20-23,36-37H,8-12,30H2,1-7H3,(H,31,42)(H,32,44)(H,33,41)(H,34,43)(H,35,40)(H,38,39)(H,45,46)/t14-,15-,16+,17-,18-,20-,21-,22-,23-/m0/s1. The third-order valence-corrected chi connectivity index (χ3v) is 7.69. The van der Waals surface area contributed by atoms with E-state index in [9.17, 15) is 43.8 Å². The summed E-state index contributed by atoms with van der Waals surface area (Å²) in [6, 6.07) is -8.05. The lowest BCUT2D eigenvalue weighted by molar-refractivity contribution is -0.144. The first-order valence-electron chi connectivity index (χ1n) is 15.3. The zero-order valence-corrected chi connectivity index (χ0v) is 27.5. The van der Waals surface area contributed by atoms with Crippen molar-refractivity contribution in [2.45, 2.75) is 117 Å². The van der Waals surface area contributed by atoms with Gasteiger partial charge in [-0.2, -0.15) is 0 Å². The number of nitrogens with one attached hydrogen (secondary N) is 5. The molecule has 0 heterocycles. The van der Waals surface area contributed by atoms with Crippen molar-refractivity contribution < 1.29 is 54.0 Å². The van der Waals surface area contributed by atoms with Crippen molar-refractivity contribution in [3.05, 3.63) is 0 Å². The fourth-order valence-corrected chi connectivity index (χ4v) is 4.20. The number of hydrogen-bond acceptors (Lipinski definition) is 10. The maximum Gasteiger partial charge on any atom is 0.326 e. The van der Waals surface area contributed by atoms with E-state index in [1.165, 1.54) is 6.92 Å². The highest BCUT2D eigenvalue weighted by molar-refractivity contribution is 5.96. The lowest BCUT2D eigenvalue weighted by atomic mass is 9.94. The normalized spacial score (nSPS) is 17.1. The summed E-state index contributed by atoms with van der Waals surface area (Å²) in [5, 5.41) is 49.8. The Balaban J connectivity index is 6.06. The molecule has 0 radical (unpaired) electrons. The summed E-state index contributed by atoms with van der Waals surface area (Å²) >= 11 is 0. The van der Waals surface area contributed by atoms with Crippen LogP contribution in [0.1, 0.15) is 74.1 Å². The van der Waals surface area contributed by atoms with Crippen LogP contribution in [0.5, 0.6) is 0 Å². The number of nitrogens with two attached hydrogens (primary N) is 1. The number of aliphatic carboxylic acids is 2. The highest BCUT2D eigenvalue weighted by Crippen LogP contribution is 2.14. The van der Waals surface area contributed by atoms with Crippen LogP contribution < -0.4 is 32.3 Å². The lowest BCUT2D eigenvalue weighted by Gasteiger charge is -2.31. The van der Waals surface area contributed by atoms with Crippen LogP contribution >= 0.6 is 0 Å². The first kappa shape index (κ1) is 42.2. The van der Waals surface area contributed by atoms with Gasteiger partial charge in [0.1, 0.15) is 36.3 Å². The average Bonchev–Trinajstić information content (AvgIpc) is 2.99. The molecular weight excluding hydrogens is 608 g/mol. The van der Waals surface area contributed by atoms with Crippen molar-refractivity contribution in [1.29, 1.82) is 0 Å². The minimum atomic E-state index is -1.52. The molecule has 0 aliphatic heterocycles. The number of rotatable bonds is 21. The van der Waals surface area contributed by atoms with Gasteiger partial charge in [0.15, 0.2) is 0 Å². The molecule has 0 rings (SSSR count). The van der Waals surface area contributed by atoms with E-state index in [2.05, 4.69) is 26.6 Å². The molecule has 0 aromatic carbocycles. The second kappa shape index (κ2) is 20.3. The molecule has 0 saturated heterocycles. The number of aliphatic hydroxyl groups excluding tert-OH is 2. The molecule has 0 fully saturated rings. The number of carboxylic acids is 2. The van der Waals surface area contributed by atoms with Gasteiger partial charge in [0.25, 0.3) is 0 Å². The Labute approximate surface area is 268 Å². The van der Waals surface area contributed by atoms with Crippen LogP contribution in [0, 0.1) is 17.8 Å². The zero-order valence-electron chi connectivity index (χ0n) is 27.5. The Morgan fingerprint density at radius 2 is 1.02 bits per heavy atom. The Hall–Kier alpha value is -3.83. The van der Waals surface area contributed by atoms with Crippen molar-refractivity contribution >= 4 is 41.5 Å². The van der Waals surface area contributed by atoms with Crippen LogP contribution in [0.2, 0.25) is 0 Å². The van der Waals surface area contributed by atoms with Crippen LogP contribution in [0.4, 0.5) is 0 Å². The number of amides is 5. The maximum absolute atomic E-state index is 13.6. The lowest BCUT2D eigenvalue weighted by Crippen LogP contribution is -2.63. The fourth-order valence-electron chi connectivity index (χ4n) is 4.20. The summed E-state index contributed by atoms with van der Waals surface area (Å²) < 4.78 is 0. The molecule has 0 unspecified atom stereocenters. The van der Waals surface area contributed by atoms with Crippen LogP contribution in [-0.4, -0.2) is 111 Å². The summed E-state index contributed by atoms with van der Waals surface area (Å²) in [6.45, 7) is 10.6. The van der Waals surface area contributed by atoms with Gasteiger partial charge in [0, 0.05) is 6.42 Å². The number of aliphatic hydroxyl groups is 2. The summed E-state index contributed by atoms with van der Waals surface area (Å²) in [5.41, 5.74) is 5.48. The maximum atomic E-state index is 13.6. The molecule has 11 N–H and O–H groups in total. The first-order valence-corrected chi connectivity index (χ1v) is 15.3. The van der Waals surface area contributed by atoms with E-state index in [0.717, 1.165) is 0 Å². The van der Waals surface area contributed by atoms with Gasteiger partial charge in [-0.1, -0.05) is 54.4 Å². The van der Waals surface area contributed by atoms with Gasteiger partial charge in [-0.3, -0.25) is 28.8 Å². The molecule has 0 spiro atoms. The summed E-state index contributed by atoms with van der Waals surface area (Å²) in [5.74, 6) is -8.36. The van der Waals surface area contributed by atoms with Crippen LogP contribution in [0.25, 0.3) is 0 Å². The van der Waals surface area contributed by atoms with Gasteiger partial charge >= 0.3 is 11.9 Å². The van der Waals surface area contributed by atoms with E-state index in [0.29, 0.717) is 12.8 Å². The molecule has 9 atom stereocenters. The van der Waals surface area contributed by atoms with E-state index in [4.69, 9.17) is 15.9 Å². The van der Waals surface area contributed by atoms with E-state index in [-0.39, 0.29) is 6.42 Å². The smallest absolute Gasteiger partial charge is 0.326 e. The Bertz CT molecular complexity index is 1070. The molecular formula is C29H52N6O11. The van der Waals surface area contributed by atoms with Crippen LogP contribution in [-0.2, 0) is 33.6 Å². The molecule has 0 aromatic heterocycles. The van der Waals surface area contributed by atoms with E-state index in [1.54, 1.807) is 41.5 Å². The minimum Gasteiger partial charge on any atom is -0.481 e. The van der Waals surface area contributed by atoms with Gasteiger partial charge in [0.2, 0.25) is 29.5 Å². The number of carbonyl (C=O) groups excluding carboxylic acids is 5. The van der Waals surface area contributed by atoms with Crippen molar-refractivity contribution in [3.8, 4) is 0 Å². The molecule has 5 amide bonds. The van der Waals surface area contributed by atoms with Crippen LogP contribution in [0.3, 0.4) is 0 Å². The number of carbonyl (C=O) groups is 7. The van der Waals surface area contributed by atoms with E-state index >= 15 is 0 Å². The largest absolute Gasteiger partial charge is 0.481 e. The average molecular weight is 661 g/mol. The van der Waals surface area contributed by atoms with Gasteiger partial charge < -0.3 is 52.7 Å². The number of hydrogen-bond donors (Lipinski definition) is 10. The predicted octanol–water partition coefficient (Wildman–Crippen LogP) is -2.19. The molecule has 0 bridgehead atoms. The highest BCUT2D eigenvalue weighted by Gasteiger charge is 2.37.